The number of aromatic nitrogens is 1. The van der Waals surface area contributed by atoms with Crippen molar-refractivity contribution in [3.05, 3.63) is 39.2 Å². The zero-order valence-corrected chi connectivity index (χ0v) is 19.9. The number of hydrogen-bond acceptors (Lipinski definition) is 5. The predicted octanol–water partition coefficient (Wildman–Crippen LogP) is 5.40. The largest absolute Gasteiger partial charge is 0.345 e. The molecule has 1 aliphatic heterocycles. The lowest BCUT2D eigenvalue weighted by molar-refractivity contribution is -0.506. The van der Waals surface area contributed by atoms with Gasteiger partial charge in [-0.05, 0) is 18.1 Å². The van der Waals surface area contributed by atoms with Crippen LogP contribution in [0.3, 0.4) is 0 Å². The second-order valence-corrected chi connectivity index (χ2v) is 8.95. The van der Waals surface area contributed by atoms with Crippen LogP contribution in [0.1, 0.15) is 76.7 Å². The lowest BCUT2D eigenvalue weighted by Gasteiger charge is -2.36. The van der Waals surface area contributed by atoms with E-state index >= 15 is 0 Å². The summed E-state index contributed by atoms with van der Waals surface area (Å²) in [7, 11) is 1.89. The van der Waals surface area contributed by atoms with Gasteiger partial charge in [0.15, 0.2) is 5.84 Å². The summed E-state index contributed by atoms with van der Waals surface area (Å²) in [5, 5.41) is 12.1. The number of halogens is 1. The first-order valence-corrected chi connectivity index (χ1v) is 12.1. The second kappa shape index (κ2) is 14.4. The first-order chi connectivity index (χ1) is 15.0. The van der Waals surface area contributed by atoms with Crippen molar-refractivity contribution in [3.8, 4) is 0 Å². The molecule has 0 saturated carbocycles. The molecule has 1 aromatic rings. The Labute approximate surface area is 192 Å². The third-order valence-electron chi connectivity index (χ3n) is 5.83. The molecule has 1 aliphatic rings. The predicted molar refractivity (Wildman–Crippen MR) is 127 cm³/mol. The van der Waals surface area contributed by atoms with Crippen LogP contribution in [0, 0.1) is 10.1 Å². The van der Waals surface area contributed by atoms with E-state index in [1.54, 1.807) is 12.3 Å². The smallest absolute Gasteiger partial charge is 0.281 e. The first-order valence-electron chi connectivity index (χ1n) is 11.7. The molecular weight excluding hydrogens is 414 g/mol. The molecule has 174 valence electrons. The maximum Gasteiger partial charge on any atom is 0.281 e. The van der Waals surface area contributed by atoms with Gasteiger partial charge in [0.2, 0.25) is 0 Å². The van der Waals surface area contributed by atoms with E-state index in [-0.39, 0.29) is 4.92 Å². The fourth-order valence-corrected chi connectivity index (χ4v) is 4.17. The van der Waals surface area contributed by atoms with Crippen molar-refractivity contribution in [2.75, 3.05) is 26.8 Å². The number of nitro groups is 1. The fraction of sp³-hybridized carbons (Fsp3) is 0.739. The van der Waals surface area contributed by atoms with Crippen molar-refractivity contribution in [1.29, 1.82) is 0 Å². The molecule has 0 bridgehead atoms. The van der Waals surface area contributed by atoms with Gasteiger partial charge in [-0.3, -0.25) is 20.0 Å². The Bertz CT molecular complexity index is 683. The van der Waals surface area contributed by atoms with Gasteiger partial charge in [0.05, 0.1) is 19.8 Å². The number of amidine groups is 1. The Morgan fingerprint density at radius 2 is 1.77 bits per heavy atom. The topological polar surface area (TPSA) is 74.9 Å². The fourth-order valence-electron chi connectivity index (χ4n) is 4.05. The summed E-state index contributed by atoms with van der Waals surface area (Å²) in [6.07, 6.45) is 14.6. The van der Waals surface area contributed by atoms with E-state index in [0.717, 1.165) is 18.5 Å². The normalized spacial score (nSPS) is 18.6. The molecule has 2 rings (SSSR count). The van der Waals surface area contributed by atoms with Gasteiger partial charge >= 0.3 is 0 Å². The van der Waals surface area contributed by atoms with E-state index in [1.807, 2.05) is 18.0 Å². The van der Waals surface area contributed by atoms with E-state index in [2.05, 4.69) is 21.8 Å². The van der Waals surface area contributed by atoms with Crippen LogP contribution in [0.2, 0.25) is 5.15 Å². The van der Waals surface area contributed by atoms with E-state index in [1.165, 1.54) is 57.8 Å². The molecule has 1 atom stereocenters. The Morgan fingerprint density at radius 1 is 1.13 bits per heavy atom. The average Bonchev–Trinajstić information content (AvgIpc) is 2.75. The van der Waals surface area contributed by atoms with Crippen molar-refractivity contribution in [2.45, 2.75) is 83.7 Å². The van der Waals surface area contributed by atoms with Gasteiger partial charge in [-0.25, -0.2) is 4.98 Å². The SMILES string of the molecule is CCCCCCCCCCCCN1CC([N+](=O)[O-])C(=NCc2ccc(Cl)nc2)N(C)C1. The van der Waals surface area contributed by atoms with Gasteiger partial charge in [-0.15, -0.1) is 0 Å². The summed E-state index contributed by atoms with van der Waals surface area (Å²) in [5.74, 6) is 0.541. The molecule has 7 nitrogen and oxygen atoms in total. The lowest BCUT2D eigenvalue weighted by atomic mass is 10.1. The molecule has 1 unspecified atom stereocenters. The van der Waals surface area contributed by atoms with Crippen molar-refractivity contribution in [2.24, 2.45) is 4.99 Å². The van der Waals surface area contributed by atoms with Gasteiger partial charge in [-0.2, -0.15) is 0 Å². The minimum atomic E-state index is -0.790. The first kappa shape index (κ1) is 25.5. The van der Waals surface area contributed by atoms with Crippen LogP contribution < -0.4 is 0 Å². The maximum atomic E-state index is 11.7. The molecule has 1 aromatic heterocycles. The van der Waals surface area contributed by atoms with Crippen LogP contribution in [-0.2, 0) is 6.54 Å². The van der Waals surface area contributed by atoms with Gasteiger partial charge in [-0.1, -0.05) is 82.4 Å². The maximum absolute atomic E-state index is 11.7. The number of aliphatic imine (C=N–C) groups is 1. The summed E-state index contributed by atoms with van der Waals surface area (Å²) >= 11 is 5.81. The van der Waals surface area contributed by atoms with Gasteiger partial charge < -0.3 is 4.90 Å². The van der Waals surface area contributed by atoms with Crippen LogP contribution in [-0.4, -0.2) is 58.4 Å². The van der Waals surface area contributed by atoms with Crippen LogP contribution >= 0.6 is 11.6 Å². The van der Waals surface area contributed by atoms with Crippen molar-refractivity contribution in [3.63, 3.8) is 0 Å². The van der Waals surface area contributed by atoms with Gasteiger partial charge in [0, 0.05) is 24.7 Å². The molecule has 8 heteroatoms. The third-order valence-corrected chi connectivity index (χ3v) is 6.05. The molecule has 0 amide bonds. The minimum absolute atomic E-state index is 0.208. The van der Waals surface area contributed by atoms with Crippen LogP contribution in [0.25, 0.3) is 0 Å². The van der Waals surface area contributed by atoms with E-state index in [4.69, 9.17) is 11.6 Å². The zero-order valence-electron chi connectivity index (χ0n) is 19.1. The Balaban J connectivity index is 1.72. The number of rotatable bonds is 14. The Morgan fingerprint density at radius 3 is 2.35 bits per heavy atom. The Hall–Kier alpha value is -1.73. The highest BCUT2D eigenvalue weighted by Crippen LogP contribution is 2.15. The van der Waals surface area contributed by atoms with Gasteiger partial charge in [0.25, 0.3) is 6.04 Å². The number of pyridine rings is 1. The summed E-state index contributed by atoms with van der Waals surface area (Å²) in [6.45, 7) is 4.62. The summed E-state index contributed by atoms with van der Waals surface area (Å²) < 4.78 is 0. The lowest BCUT2D eigenvalue weighted by Crippen LogP contribution is -2.57. The molecule has 2 heterocycles. The van der Waals surface area contributed by atoms with Crippen LogP contribution in [0.4, 0.5) is 0 Å². The molecule has 1 fully saturated rings. The molecule has 0 N–H and O–H groups in total. The average molecular weight is 452 g/mol. The zero-order chi connectivity index (χ0) is 22.5. The molecular formula is C23H38ClN5O2. The summed E-state index contributed by atoms with van der Waals surface area (Å²) in [6, 6.07) is 2.77. The molecule has 0 aliphatic carbocycles. The van der Waals surface area contributed by atoms with E-state index < -0.39 is 6.04 Å². The summed E-state index contributed by atoms with van der Waals surface area (Å²) in [4.78, 5) is 24.2. The van der Waals surface area contributed by atoms with Crippen molar-refractivity contribution < 1.29 is 4.92 Å². The molecule has 0 aromatic carbocycles. The van der Waals surface area contributed by atoms with Crippen LogP contribution in [0.5, 0.6) is 0 Å². The molecule has 1 saturated heterocycles. The standard InChI is InChI=1S/C23H38ClN5O2/c1-3-4-5-6-7-8-9-10-11-12-15-28-18-21(29(30)31)23(27(2)19-28)26-17-20-13-14-22(24)25-16-20/h13-14,16,21H,3-12,15,17-19H2,1-2H3. The number of unbranched alkanes of at least 4 members (excludes halogenated alkanes) is 9. The monoisotopic (exact) mass is 451 g/mol. The third kappa shape index (κ3) is 9.52. The van der Waals surface area contributed by atoms with E-state index in [9.17, 15) is 10.1 Å². The second-order valence-electron chi connectivity index (χ2n) is 8.56. The number of hydrogen-bond donors (Lipinski definition) is 0. The Kier molecular flexibility index (Phi) is 11.8. The molecule has 0 radical (unpaired) electrons. The molecule has 0 spiro atoms. The van der Waals surface area contributed by atoms with Crippen molar-refractivity contribution in [1.82, 2.24) is 14.8 Å². The van der Waals surface area contributed by atoms with Gasteiger partial charge in [0.1, 0.15) is 5.15 Å². The van der Waals surface area contributed by atoms with Crippen LogP contribution in [0.15, 0.2) is 23.3 Å². The summed E-state index contributed by atoms with van der Waals surface area (Å²) in [5.41, 5.74) is 0.889. The molecule has 31 heavy (non-hydrogen) atoms. The van der Waals surface area contributed by atoms with Crippen molar-refractivity contribution >= 4 is 17.4 Å². The highest BCUT2D eigenvalue weighted by Gasteiger charge is 2.37. The van der Waals surface area contributed by atoms with E-state index in [0.29, 0.717) is 30.7 Å². The number of likely N-dealkylation sites (N-methyl/N-ethyl adjacent to an activating group) is 1. The quantitative estimate of drug-likeness (QED) is 0.164. The highest BCUT2D eigenvalue weighted by atomic mass is 35.5. The number of nitrogens with zero attached hydrogens (tertiary/aromatic N) is 5. The highest BCUT2D eigenvalue weighted by molar-refractivity contribution is 6.29. The minimum Gasteiger partial charge on any atom is -0.345 e.